The van der Waals surface area contributed by atoms with Gasteiger partial charge in [-0.25, -0.2) is 0 Å². The highest BCUT2D eigenvalue weighted by molar-refractivity contribution is 8.00. The van der Waals surface area contributed by atoms with E-state index < -0.39 is 5.97 Å². The third kappa shape index (κ3) is 5.36. The van der Waals surface area contributed by atoms with E-state index in [1.807, 2.05) is 54.6 Å². The first-order valence-corrected chi connectivity index (χ1v) is 10.1. The van der Waals surface area contributed by atoms with Crippen LogP contribution in [0.5, 0.6) is 0 Å². The van der Waals surface area contributed by atoms with Gasteiger partial charge in [0.15, 0.2) is 0 Å². The molecule has 3 rings (SSSR count). The Hall–Kier alpha value is -2.80. The molecule has 7 heteroatoms. The lowest BCUT2D eigenvalue weighted by Gasteiger charge is -2.29. The molecule has 6 nitrogen and oxygen atoms in total. The first-order valence-electron chi connectivity index (χ1n) is 9.10. The quantitative estimate of drug-likeness (QED) is 0.714. The minimum atomic E-state index is -0.899. The fourth-order valence-corrected chi connectivity index (χ4v) is 4.10. The fourth-order valence-electron chi connectivity index (χ4n) is 3.17. The van der Waals surface area contributed by atoms with Gasteiger partial charge in [-0.3, -0.25) is 14.4 Å². The number of nitrogens with one attached hydrogen (secondary N) is 1. The van der Waals surface area contributed by atoms with Crippen molar-refractivity contribution in [3.05, 3.63) is 60.2 Å². The van der Waals surface area contributed by atoms with Gasteiger partial charge in [0, 0.05) is 17.4 Å². The topological polar surface area (TPSA) is 86.7 Å². The molecule has 0 saturated carbocycles. The Bertz CT molecular complexity index is 856. The van der Waals surface area contributed by atoms with Crippen LogP contribution < -0.4 is 10.2 Å². The summed E-state index contributed by atoms with van der Waals surface area (Å²) < 4.78 is 0. The highest BCUT2D eigenvalue weighted by atomic mass is 32.2. The Balaban J connectivity index is 1.67. The third-order valence-electron chi connectivity index (χ3n) is 4.51. The van der Waals surface area contributed by atoms with E-state index in [1.54, 1.807) is 0 Å². The first kappa shape index (κ1) is 19.9. The Morgan fingerprint density at radius 2 is 1.82 bits per heavy atom. The normalized spacial score (nSPS) is 14.3. The predicted octanol–water partition coefficient (Wildman–Crippen LogP) is 2.72. The monoisotopic (exact) mass is 398 g/mol. The SMILES string of the molecule is O=C(O)CCC(Cc1ccccc1)NC(=O)CN1C(=O)CSc2ccccc21. The number of fused-ring (bicyclic) bond motifs is 1. The van der Waals surface area contributed by atoms with E-state index in [0.717, 1.165) is 16.1 Å². The molecule has 0 spiro atoms. The smallest absolute Gasteiger partial charge is 0.303 e. The molecule has 0 radical (unpaired) electrons. The average molecular weight is 398 g/mol. The number of hydrogen-bond donors (Lipinski definition) is 2. The lowest BCUT2D eigenvalue weighted by molar-refractivity contribution is -0.137. The second kappa shape index (κ2) is 9.41. The van der Waals surface area contributed by atoms with Gasteiger partial charge in [0.2, 0.25) is 11.8 Å². The third-order valence-corrected chi connectivity index (χ3v) is 5.55. The molecule has 0 saturated heterocycles. The highest BCUT2D eigenvalue weighted by Gasteiger charge is 2.27. The van der Waals surface area contributed by atoms with E-state index in [2.05, 4.69) is 5.32 Å². The number of carboxylic acids is 1. The maximum absolute atomic E-state index is 12.7. The van der Waals surface area contributed by atoms with Gasteiger partial charge in [-0.2, -0.15) is 0 Å². The molecular weight excluding hydrogens is 376 g/mol. The summed E-state index contributed by atoms with van der Waals surface area (Å²) >= 11 is 1.47. The molecule has 1 aliphatic rings. The van der Waals surface area contributed by atoms with Gasteiger partial charge in [0.05, 0.1) is 11.4 Å². The molecule has 1 aliphatic heterocycles. The zero-order valence-electron chi connectivity index (χ0n) is 15.3. The molecule has 1 heterocycles. The van der Waals surface area contributed by atoms with E-state index in [-0.39, 0.29) is 30.8 Å². The lowest BCUT2D eigenvalue weighted by atomic mass is 10.0. The van der Waals surface area contributed by atoms with Gasteiger partial charge in [0.1, 0.15) is 6.54 Å². The summed E-state index contributed by atoms with van der Waals surface area (Å²) in [5.41, 5.74) is 1.76. The zero-order chi connectivity index (χ0) is 19.9. The van der Waals surface area contributed by atoms with Crippen molar-refractivity contribution in [2.45, 2.75) is 30.2 Å². The van der Waals surface area contributed by atoms with Crippen molar-refractivity contribution < 1.29 is 19.5 Å². The van der Waals surface area contributed by atoms with Crippen molar-refractivity contribution in [3.8, 4) is 0 Å². The van der Waals surface area contributed by atoms with Crippen LogP contribution in [0.3, 0.4) is 0 Å². The lowest BCUT2D eigenvalue weighted by Crippen LogP contribution is -2.46. The number of carbonyl (C=O) groups is 3. The highest BCUT2D eigenvalue weighted by Crippen LogP contribution is 2.34. The molecule has 2 aromatic rings. The standard InChI is InChI=1S/C21H22N2O4S/c24-19(13-23-17-8-4-5-9-18(17)28-14-20(23)25)22-16(10-11-21(26)27)12-15-6-2-1-3-7-15/h1-9,16H,10-14H2,(H,22,24)(H,26,27). The predicted molar refractivity (Wildman–Crippen MR) is 108 cm³/mol. The number of thioether (sulfide) groups is 1. The van der Waals surface area contributed by atoms with Crippen LogP contribution in [0, 0.1) is 0 Å². The van der Waals surface area contributed by atoms with E-state index >= 15 is 0 Å². The van der Waals surface area contributed by atoms with Crippen LogP contribution in [0.25, 0.3) is 0 Å². The molecule has 146 valence electrons. The van der Waals surface area contributed by atoms with Crippen LogP contribution in [-0.4, -0.2) is 41.2 Å². The summed E-state index contributed by atoms with van der Waals surface area (Å²) in [7, 11) is 0. The second-order valence-corrected chi connectivity index (χ2v) is 7.64. The molecule has 1 atom stereocenters. The van der Waals surface area contributed by atoms with Gasteiger partial charge >= 0.3 is 5.97 Å². The number of hydrogen-bond acceptors (Lipinski definition) is 4. The van der Waals surface area contributed by atoms with E-state index in [9.17, 15) is 14.4 Å². The van der Waals surface area contributed by atoms with Gasteiger partial charge in [-0.15, -0.1) is 11.8 Å². The molecule has 28 heavy (non-hydrogen) atoms. The van der Waals surface area contributed by atoms with Gasteiger partial charge in [0.25, 0.3) is 0 Å². The maximum Gasteiger partial charge on any atom is 0.303 e. The van der Waals surface area contributed by atoms with Crippen molar-refractivity contribution in [3.63, 3.8) is 0 Å². The Morgan fingerprint density at radius 3 is 2.57 bits per heavy atom. The molecule has 2 amide bonds. The molecule has 0 fully saturated rings. The Kier molecular flexibility index (Phi) is 6.71. The Morgan fingerprint density at radius 1 is 1.11 bits per heavy atom. The molecule has 2 aromatic carbocycles. The Labute approximate surface area is 167 Å². The molecule has 0 aromatic heterocycles. The fraction of sp³-hybridized carbons (Fsp3) is 0.286. The molecule has 2 N–H and O–H groups in total. The molecule has 1 unspecified atom stereocenters. The number of carboxylic acid groups (broad SMARTS) is 1. The van der Waals surface area contributed by atoms with E-state index in [4.69, 9.17) is 5.11 Å². The van der Waals surface area contributed by atoms with E-state index in [0.29, 0.717) is 18.6 Å². The van der Waals surface area contributed by atoms with Crippen LogP contribution in [0.2, 0.25) is 0 Å². The summed E-state index contributed by atoms with van der Waals surface area (Å²) in [5, 5.41) is 11.9. The molecular formula is C21H22N2O4S. The van der Waals surface area contributed by atoms with Gasteiger partial charge in [-0.1, -0.05) is 42.5 Å². The number of benzene rings is 2. The number of carbonyl (C=O) groups excluding carboxylic acids is 2. The van der Waals surface area contributed by atoms with Crippen LogP contribution in [0.15, 0.2) is 59.5 Å². The minimum Gasteiger partial charge on any atom is -0.481 e. The summed E-state index contributed by atoms with van der Waals surface area (Å²) in [6.07, 6.45) is 0.844. The summed E-state index contributed by atoms with van der Waals surface area (Å²) in [4.78, 5) is 38.4. The van der Waals surface area contributed by atoms with E-state index in [1.165, 1.54) is 16.7 Å². The van der Waals surface area contributed by atoms with Crippen LogP contribution in [-0.2, 0) is 20.8 Å². The van der Waals surface area contributed by atoms with Crippen molar-refractivity contribution in [2.75, 3.05) is 17.2 Å². The van der Waals surface area contributed by atoms with Crippen molar-refractivity contribution >= 4 is 35.2 Å². The summed E-state index contributed by atoms with van der Waals surface area (Å²) in [6.45, 7) is -0.0746. The van der Waals surface area contributed by atoms with Gasteiger partial charge < -0.3 is 15.3 Å². The maximum atomic E-state index is 12.7. The van der Waals surface area contributed by atoms with Crippen molar-refractivity contribution in [2.24, 2.45) is 0 Å². The van der Waals surface area contributed by atoms with Crippen LogP contribution in [0.4, 0.5) is 5.69 Å². The number of para-hydroxylation sites is 1. The zero-order valence-corrected chi connectivity index (χ0v) is 16.2. The van der Waals surface area contributed by atoms with Gasteiger partial charge in [-0.05, 0) is 30.5 Å². The van der Waals surface area contributed by atoms with Crippen LogP contribution in [0.1, 0.15) is 18.4 Å². The number of rotatable bonds is 8. The number of nitrogens with zero attached hydrogens (tertiary/aromatic N) is 1. The summed E-state index contributed by atoms with van der Waals surface area (Å²) in [5.74, 6) is -0.994. The number of anilines is 1. The van der Waals surface area contributed by atoms with Crippen LogP contribution >= 0.6 is 11.8 Å². The molecule has 0 aliphatic carbocycles. The van der Waals surface area contributed by atoms with Crippen molar-refractivity contribution in [1.29, 1.82) is 0 Å². The van der Waals surface area contributed by atoms with Crippen molar-refractivity contribution in [1.82, 2.24) is 5.32 Å². The molecule has 0 bridgehead atoms. The number of aliphatic carboxylic acids is 1. The number of amides is 2. The second-order valence-electron chi connectivity index (χ2n) is 6.62. The largest absolute Gasteiger partial charge is 0.481 e. The first-order chi connectivity index (χ1) is 13.5. The average Bonchev–Trinajstić information content (AvgIpc) is 2.69. The minimum absolute atomic E-state index is 0.0279. The summed E-state index contributed by atoms with van der Waals surface area (Å²) in [6, 6.07) is 16.8.